The molecule has 1 aromatic carbocycles. The van der Waals surface area contributed by atoms with Gasteiger partial charge >= 0.3 is 0 Å². The third kappa shape index (κ3) is 11.2. The summed E-state index contributed by atoms with van der Waals surface area (Å²) in [6.07, 6.45) is 10.0. The van der Waals surface area contributed by atoms with Gasteiger partial charge in [-0.2, -0.15) is 0 Å². The third-order valence-corrected chi connectivity index (χ3v) is 4.91. The predicted octanol–water partition coefficient (Wildman–Crippen LogP) is 4.77. The Hall–Kier alpha value is -0.860. The molecule has 0 atom stereocenters. The molecule has 1 fully saturated rings. The lowest BCUT2D eigenvalue weighted by Crippen LogP contribution is -2.32. The zero-order valence-corrected chi connectivity index (χ0v) is 19.7. The maximum Gasteiger partial charge on any atom is 0.188 e. The average Bonchev–Trinajstić information content (AvgIpc) is 2.71. The monoisotopic (exact) mass is 503 g/mol. The van der Waals surface area contributed by atoms with Crippen LogP contribution in [0.1, 0.15) is 69.4 Å². The number of guanidine groups is 1. The number of nitrogens with zero attached hydrogens (tertiary/aromatic N) is 1. The molecule has 28 heavy (non-hydrogen) atoms. The Kier molecular flexibility index (Phi) is 14.4. The molecule has 1 aromatic rings. The first-order valence-corrected chi connectivity index (χ1v) is 10.6. The highest BCUT2D eigenvalue weighted by Gasteiger charge is 2.13. The summed E-state index contributed by atoms with van der Waals surface area (Å²) in [6, 6.07) is 8.41. The molecule has 3 N–H and O–H groups in total. The van der Waals surface area contributed by atoms with Crippen LogP contribution in [0.2, 0.25) is 0 Å². The number of halogens is 1. The summed E-state index contributed by atoms with van der Waals surface area (Å²) in [4.78, 5) is 4.46. The van der Waals surface area contributed by atoms with E-state index in [0.29, 0.717) is 25.2 Å². The van der Waals surface area contributed by atoms with Crippen LogP contribution in [0.5, 0.6) is 0 Å². The molecule has 0 radical (unpaired) electrons. The normalized spacial score (nSPS) is 15.2. The Morgan fingerprint density at radius 2 is 1.86 bits per heavy atom. The Labute approximate surface area is 187 Å². The lowest BCUT2D eigenvalue weighted by molar-refractivity contribution is -0.0390. The lowest BCUT2D eigenvalue weighted by Gasteiger charge is -2.22. The number of unbranched alkanes of at least 4 members (excludes halogenated alkanes) is 5. The number of benzene rings is 1. The minimum absolute atomic E-state index is 0. The minimum Gasteiger partial charge on any atom is -0.381 e. The summed E-state index contributed by atoms with van der Waals surface area (Å²) in [5.41, 5.74) is 8.33. The van der Waals surface area contributed by atoms with E-state index in [1.165, 1.54) is 37.7 Å². The van der Waals surface area contributed by atoms with Crippen molar-refractivity contribution in [3.63, 3.8) is 0 Å². The van der Waals surface area contributed by atoms with Crippen LogP contribution in [0.3, 0.4) is 0 Å². The molecule has 1 saturated heterocycles. The molecule has 0 aromatic heterocycles. The average molecular weight is 503 g/mol. The first kappa shape index (κ1) is 25.2. The van der Waals surface area contributed by atoms with E-state index >= 15 is 0 Å². The van der Waals surface area contributed by atoms with Crippen molar-refractivity contribution in [2.75, 3.05) is 19.8 Å². The van der Waals surface area contributed by atoms with E-state index in [-0.39, 0.29) is 24.0 Å². The van der Waals surface area contributed by atoms with Gasteiger partial charge < -0.3 is 20.5 Å². The summed E-state index contributed by atoms with van der Waals surface area (Å²) in [5.74, 6) is 0.535. The van der Waals surface area contributed by atoms with Gasteiger partial charge in [0.25, 0.3) is 0 Å². The Bertz CT molecular complexity index is 548. The molecule has 160 valence electrons. The van der Waals surface area contributed by atoms with E-state index in [0.717, 1.165) is 44.6 Å². The number of ether oxygens (including phenoxy) is 2. The predicted molar refractivity (Wildman–Crippen MR) is 127 cm³/mol. The molecule has 1 aliphatic rings. The van der Waals surface area contributed by atoms with Gasteiger partial charge in [0.05, 0.1) is 19.3 Å². The minimum atomic E-state index is 0. The summed E-state index contributed by atoms with van der Waals surface area (Å²) in [6.45, 7) is 6.01. The van der Waals surface area contributed by atoms with Crippen molar-refractivity contribution in [1.29, 1.82) is 0 Å². The second-order valence-corrected chi connectivity index (χ2v) is 7.34. The van der Waals surface area contributed by atoms with Crippen molar-refractivity contribution in [2.24, 2.45) is 10.7 Å². The van der Waals surface area contributed by atoms with Crippen LogP contribution in [0.25, 0.3) is 0 Å². The highest BCUT2D eigenvalue weighted by Crippen LogP contribution is 2.14. The summed E-state index contributed by atoms with van der Waals surface area (Å²) in [5, 5.41) is 3.22. The SMILES string of the molecule is CCCCCCCCNC(N)=NCc1cccc(COC2CCOCC2)c1.I. The van der Waals surface area contributed by atoms with Crippen LogP contribution in [-0.4, -0.2) is 31.8 Å². The van der Waals surface area contributed by atoms with Crippen molar-refractivity contribution >= 4 is 29.9 Å². The molecule has 0 amide bonds. The van der Waals surface area contributed by atoms with E-state index in [1.54, 1.807) is 0 Å². The number of rotatable bonds is 12. The number of nitrogens with two attached hydrogens (primary N) is 1. The highest BCUT2D eigenvalue weighted by atomic mass is 127. The van der Waals surface area contributed by atoms with Crippen molar-refractivity contribution in [1.82, 2.24) is 5.32 Å². The first-order chi connectivity index (χ1) is 13.3. The molecule has 2 rings (SSSR count). The van der Waals surface area contributed by atoms with E-state index < -0.39 is 0 Å². The molecule has 0 spiro atoms. The van der Waals surface area contributed by atoms with Crippen molar-refractivity contribution in [3.05, 3.63) is 35.4 Å². The third-order valence-electron chi connectivity index (χ3n) is 4.91. The van der Waals surface area contributed by atoms with Crippen LogP contribution < -0.4 is 11.1 Å². The van der Waals surface area contributed by atoms with Gasteiger partial charge in [-0.05, 0) is 30.4 Å². The summed E-state index contributed by atoms with van der Waals surface area (Å²) >= 11 is 0. The van der Waals surface area contributed by atoms with E-state index in [9.17, 15) is 0 Å². The zero-order valence-electron chi connectivity index (χ0n) is 17.3. The topological polar surface area (TPSA) is 68.9 Å². The summed E-state index contributed by atoms with van der Waals surface area (Å²) < 4.78 is 11.4. The maximum atomic E-state index is 6.00. The Balaban J connectivity index is 0.00000392. The molecule has 6 heteroatoms. The number of hydrogen-bond donors (Lipinski definition) is 2. The van der Waals surface area contributed by atoms with E-state index in [4.69, 9.17) is 15.2 Å². The van der Waals surface area contributed by atoms with Crippen molar-refractivity contribution in [3.8, 4) is 0 Å². The van der Waals surface area contributed by atoms with E-state index in [1.807, 2.05) is 0 Å². The number of nitrogens with one attached hydrogen (secondary N) is 1. The van der Waals surface area contributed by atoms with Crippen LogP contribution in [0.4, 0.5) is 0 Å². The molecule has 0 saturated carbocycles. The largest absolute Gasteiger partial charge is 0.381 e. The molecule has 1 heterocycles. The van der Waals surface area contributed by atoms with Gasteiger partial charge in [-0.25, -0.2) is 4.99 Å². The van der Waals surface area contributed by atoms with Gasteiger partial charge in [0.1, 0.15) is 0 Å². The van der Waals surface area contributed by atoms with Gasteiger partial charge in [0, 0.05) is 19.8 Å². The molecule has 5 nitrogen and oxygen atoms in total. The van der Waals surface area contributed by atoms with Crippen LogP contribution in [-0.2, 0) is 22.6 Å². The lowest BCUT2D eigenvalue weighted by atomic mass is 10.1. The van der Waals surface area contributed by atoms with Gasteiger partial charge in [-0.3, -0.25) is 0 Å². The quantitative estimate of drug-likeness (QED) is 0.187. The molecular formula is C22H38IN3O2. The van der Waals surface area contributed by atoms with Crippen LogP contribution in [0.15, 0.2) is 29.3 Å². The second-order valence-electron chi connectivity index (χ2n) is 7.34. The fraction of sp³-hybridized carbons (Fsp3) is 0.682. The fourth-order valence-corrected chi connectivity index (χ4v) is 3.23. The highest BCUT2D eigenvalue weighted by molar-refractivity contribution is 14.0. The van der Waals surface area contributed by atoms with Gasteiger partial charge in [0.2, 0.25) is 0 Å². The van der Waals surface area contributed by atoms with Crippen molar-refractivity contribution < 1.29 is 9.47 Å². The maximum absolute atomic E-state index is 6.00. The van der Waals surface area contributed by atoms with Gasteiger partial charge in [0.15, 0.2) is 5.96 Å². The fourth-order valence-electron chi connectivity index (χ4n) is 3.23. The number of hydrogen-bond acceptors (Lipinski definition) is 3. The molecule has 1 aliphatic heterocycles. The van der Waals surface area contributed by atoms with Crippen LogP contribution in [0, 0.1) is 0 Å². The van der Waals surface area contributed by atoms with Gasteiger partial charge in [-0.15, -0.1) is 24.0 Å². The molecular weight excluding hydrogens is 465 g/mol. The number of aliphatic imine (C=N–C) groups is 1. The Morgan fingerprint density at radius 1 is 1.14 bits per heavy atom. The molecule has 0 aliphatic carbocycles. The molecule has 0 unspecified atom stereocenters. The second kappa shape index (κ2) is 16.0. The van der Waals surface area contributed by atoms with Gasteiger partial charge in [-0.1, -0.05) is 63.3 Å². The zero-order chi connectivity index (χ0) is 19.2. The van der Waals surface area contributed by atoms with Crippen LogP contribution >= 0.6 is 24.0 Å². The molecule has 0 bridgehead atoms. The Morgan fingerprint density at radius 3 is 2.64 bits per heavy atom. The summed E-state index contributed by atoms with van der Waals surface area (Å²) in [7, 11) is 0. The van der Waals surface area contributed by atoms with Crippen molar-refractivity contribution in [2.45, 2.75) is 77.5 Å². The van der Waals surface area contributed by atoms with E-state index in [2.05, 4.69) is 41.5 Å². The smallest absolute Gasteiger partial charge is 0.188 e. The standard InChI is InChI=1S/C22H37N3O2.HI/c1-2-3-4-5-6-7-13-24-22(23)25-17-19-9-8-10-20(16-19)18-27-21-11-14-26-15-12-21;/h8-10,16,21H,2-7,11-15,17-18H2,1H3,(H3,23,24,25);1H. The first-order valence-electron chi connectivity index (χ1n) is 10.6.